The maximum Gasteiger partial charge on any atom is 0.266 e. The van der Waals surface area contributed by atoms with Gasteiger partial charge < -0.3 is 10.1 Å². The molecule has 0 aliphatic heterocycles. The van der Waals surface area contributed by atoms with Crippen molar-refractivity contribution in [2.24, 2.45) is 0 Å². The minimum atomic E-state index is -0.509. The van der Waals surface area contributed by atoms with E-state index in [9.17, 15) is 15.3 Å². The smallest absolute Gasteiger partial charge is 0.266 e. The lowest BCUT2D eigenvalue weighted by atomic mass is 9.96. The van der Waals surface area contributed by atoms with Crippen molar-refractivity contribution in [3.8, 4) is 17.9 Å². The van der Waals surface area contributed by atoms with E-state index >= 15 is 0 Å². The third-order valence-electron chi connectivity index (χ3n) is 4.28. The number of methoxy groups -OCH3 is 1. The van der Waals surface area contributed by atoms with Gasteiger partial charge in [-0.2, -0.15) is 10.5 Å². The summed E-state index contributed by atoms with van der Waals surface area (Å²) < 4.78 is 5.16. The Balaban J connectivity index is 1.87. The SMILES string of the molecule is COc1cccc(/C=C(\C#N)C(=O)Nc2sc3c(c2C#N)CCCC3)c1. The highest BCUT2D eigenvalue weighted by Gasteiger charge is 2.22. The number of nitrogens with zero attached hydrogens (tertiary/aromatic N) is 2. The topological polar surface area (TPSA) is 85.9 Å². The molecular formula is C20H17N3O2S. The summed E-state index contributed by atoms with van der Waals surface area (Å²) in [5, 5.41) is 22.1. The number of ether oxygens (including phenoxy) is 1. The highest BCUT2D eigenvalue weighted by atomic mass is 32.1. The van der Waals surface area contributed by atoms with Crippen LogP contribution >= 0.6 is 11.3 Å². The number of thiophene rings is 1. The molecule has 1 aromatic heterocycles. The second-order valence-corrected chi connectivity index (χ2v) is 7.03. The summed E-state index contributed by atoms with van der Waals surface area (Å²) in [6.45, 7) is 0. The molecule has 1 aliphatic carbocycles. The zero-order valence-electron chi connectivity index (χ0n) is 14.3. The lowest BCUT2D eigenvalue weighted by molar-refractivity contribution is -0.112. The summed E-state index contributed by atoms with van der Waals surface area (Å²) in [7, 11) is 1.56. The predicted octanol–water partition coefficient (Wildman–Crippen LogP) is 4.05. The summed E-state index contributed by atoms with van der Waals surface area (Å²) >= 11 is 1.44. The van der Waals surface area contributed by atoms with E-state index in [0.29, 0.717) is 21.9 Å². The van der Waals surface area contributed by atoms with E-state index in [-0.39, 0.29) is 5.57 Å². The quantitative estimate of drug-likeness (QED) is 0.656. The van der Waals surface area contributed by atoms with Gasteiger partial charge in [0, 0.05) is 4.88 Å². The first-order chi connectivity index (χ1) is 12.7. The maximum absolute atomic E-state index is 12.5. The molecule has 0 bridgehead atoms. The monoisotopic (exact) mass is 363 g/mol. The number of hydrogen-bond acceptors (Lipinski definition) is 5. The molecule has 3 rings (SSSR count). The summed E-state index contributed by atoms with van der Waals surface area (Å²) in [6, 6.07) is 11.3. The Kier molecular flexibility index (Phi) is 5.36. The van der Waals surface area contributed by atoms with Gasteiger partial charge >= 0.3 is 0 Å². The average Bonchev–Trinajstić information content (AvgIpc) is 3.03. The first-order valence-electron chi connectivity index (χ1n) is 8.28. The number of rotatable bonds is 4. The molecule has 1 amide bonds. The Labute approximate surface area is 156 Å². The molecular weight excluding hydrogens is 346 g/mol. The van der Waals surface area contributed by atoms with Crippen LogP contribution in [0.3, 0.4) is 0 Å². The highest BCUT2D eigenvalue weighted by Crippen LogP contribution is 2.37. The van der Waals surface area contributed by atoms with Crippen LogP contribution in [-0.2, 0) is 17.6 Å². The molecule has 0 atom stereocenters. The normalized spacial score (nSPS) is 13.3. The van der Waals surface area contributed by atoms with Gasteiger partial charge in [0.1, 0.15) is 28.5 Å². The highest BCUT2D eigenvalue weighted by molar-refractivity contribution is 7.16. The van der Waals surface area contributed by atoms with Gasteiger partial charge in [0.05, 0.1) is 12.7 Å². The molecule has 2 aromatic rings. The molecule has 26 heavy (non-hydrogen) atoms. The van der Waals surface area contributed by atoms with Crippen LogP contribution in [-0.4, -0.2) is 13.0 Å². The molecule has 6 heteroatoms. The van der Waals surface area contributed by atoms with Crippen molar-refractivity contribution in [2.75, 3.05) is 12.4 Å². The molecule has 130 valence electrons. The fraction of sp³-hybridized carbons (Fsp3) is 0.250. The summed E-state index contributed by atoms with van der Waals surface area (Å²) in [5.41, 5.74) is 2.27. The Bertz CT molecular complexity index is 960. The molecule has 0 unspecified atom stereocenters. The van der Waals surface area contributed by atoms with Crippen molar-refractivity contribution in [1.29, 1.82) is 10.5 Å². The maximum atomic E-state index is 12.5. The number of nitrogens with one attached hydrogen (secondary N) is 1. The van der Waals surface area contributed by atoms with Crippen molar-refractivity contribution in [1.82, 2.24) is 0 Å². The van der Waals surface area contributed by atoms with Crippen molar-refractivity contribution in [2.45, 2.75) is 25.7 Å². The number of fused-ring (bicyclic) bond motifs is 1. The second kappa shape index (κ2) is 7.86. The first-order valence-corrected chi connectivity index (χ1v) is 9.09. The van der Waals surface area contributed by atoms with Gasteiger partial charge in [0.15, 0.2) is 0 Å². The van der Waals surface area contributed by atoms with Gasteiger partial charge in [0.25, 0.3) is 5.91 Å². The van der Waals surface area contributed by atoms with Gasteiger partial charge in [-0.25, -0.2) is 0 Å². The standard InChI is InChI=1S/C20H17N3O2S/c1-25-15-6-4-5-13(10-15)9-14(11-21)19(24)23-20-17(12-22)16-7-2-3-8-18(16)26-20/h4-6,9-10H,2-3,7-8H2,1H3,(H,23,24)/b14-9+. The molecule has 0 saturated carbocycles. The lowest BCUT2D eigenvalue weighted by Gasteiger charge is -2.09. The Morgan fingerprint density at radius 2 is 2.12 bits per heavy atom. The van der Waals surface area contributed by atoms with Crippen molar-refractivity contribution in [3.63, 3.8) is 0 Å². The zero-order valence-corrected chi connectivity index (χ0v) is 15.2. The molecule has 1 heterocycles. The largest absolute Gasteiger partial charge is 0.497 e. The van der Waals surface area contributed by atoms with Crippen LogP contribution < -0.4 is 10.1 Å². The van der Waals surface area contributed by atoms with E-state index in [1.807, 2.05) is 6.07 Å². The van der Waals surface area contributed by atoms with E-state index in [0.717, 1.165) is 31.2 Å². The van der Waals surface area contributed by atoms with Crippen molar-refractivity contribution in [3.05, 3.63) is 51.4 Å². The van der Waals surface area contributed by atoms with Gasteiger partial charge in [-0.05, 0) is 55.0 Å². The van der Waals surface area contributed by atoms with Gasteiger partial charge in [-0.15, -0.1) is 11.3 Å². The van der Waals surface area contributed by atoms with Crippen LogP contribution in [0.1, 0.15) is 34.4 Å². The molecule has 0 fully saturated rings. The number of hydrogen-bond donors (Lipinski definition) is 1. The van der Waals surface area contributed by atoms with Crippen molar-refractivity contribution < 1.29 is 9.53 Å². The molecule has 1 N–H and O–H groups in total. The van der Waals surface area contributed by atoms with Crippen LogP contribution in [0.2, 0.25) is 0 Å². The number of nitriles is 2. The minimum absolute atomic E-state index is 0.0199. The molecule has 5 nitrogen and oxygen atoms in total. The Morgan fingerprint density at radius 3 is 2.85 bits per heavy atom. The fourth-order valence-electron chi connectivity index (χ4n) is 2.99. The van der Waals surface area contributed by atoms with Gasteiger partial charge in [-0.1, -0.05) is 12.1 Å². The number of aryl methyl sites for hydroxylation is 1. The molecule has 1 aromatic carbocycles. The number of amides is 1. The third-order valence-corrected chi connectivity index (χ3v) is 5.49. The molecule has 0 radical (unpaired) electrons. The van der Waals surface area contributed by atoms with Gasteiger partial charge in [0.2, 0.25) is 0 Å². The van der Waals surface area contributed by atoms with Crippen LogP contribution in [0.15, 0.2) is 29.8 Å². The number of benzene rings is 1. The molecule has 0 spiro atoms. The Morgan fingerprint density at radius 1 is 1.31 bits per heavy atom. The molecule has 1 aliphatic rings. The van der Waals surface area contributed by atoms with E-state index in [4.69, 9.17) is 4.74 Å². The van der Waals surface area contributed by atoms with Gasteiger partial charge in [-0.3, -0.25) is 4.79 Å². The van der Waals surface area contributed by atoms with Crippen molar-refractivity contribution >= 4 is 28.3 Å². The number of carbonyl (C=O) groups is 1. The summed E-state index contributed by atoms with van der Waals surface area (Å²) in [6.07, 6.45) is 5.48. The van der Waals surface area contributed by atoms with E-state index < -0.39 is 5.91 Å². The van der Waals surface area contributed by atoms with Crippen LogP contribution in [0.5, 0.6) is 5.75 Å². The zero-order chi connectivity index (χ0) is 18.5. The van der Waals surface area contributed by atoms with E-state index in [2.05, 4.69) is 11.4 Å². The molecule has 0 saturated heterocycles. The summed E-state index contributed by atoms with van der Waals surface area (Å²) in [5.74, 6) is 0.138. The minimum Gasteiger partial charge on any atom is -0.497 e. The van der Waals surface area contributed by atoms with E-state index in [1.54, 1.807) is 31.4 Å². The third kappa shape index (κ3) is 3.61. The average molecular weight is 363 g/mol. The Hall–Kier alpha value is -3.09. The predicted molar refractivity (Wildman–Crippen MR) is 101 cm³/mol. The number of anilines is 1. The lowest BCUT2D eigenvalue weighted by Crippen LogP contribution is -2.13. The first kappa shape index (κ1) is 17.7. The van der Waals surface area contributed by atoms with Crippen LogP contribution in [0.25, 0.3) is 6.08 Å². The second-order valence-electron chi connectivity index (χ2n) is 5.93. The summed E-state index contributed by atoms with van der Waals surface area (Å²) in [4.78, 5) is 13.7. The number of carbonyl (C=O) groups excluding carboxylic acids is 1. The van der Waals surface area contributed by atoms with E-state index in [1.165, 1.54) is 22.3 Å². The fourth-order valence-corrected chi connectivity index (χ4v) is 4.22. The van der Waals surface area contributed by atoms with Crippen LogP contribution in [0, 0.1) is 22.7 Å². The van der Waals surface area contributed by atoms with Crippen LogP contribution in [0.4, 0.5) is 5.00 Å².